The van der Waals surface area contributed by atoms with Crippen molar-refractivity contribution in [3.8, 4) is 0 Å². The van der Waals surface area contributed by atoms with Crippen molar-refractivity contribution >= 4 is 23.2 Å². The fourth-order valence-corrected chi connectivity index (χ4v) is 1.88. The van der Waals surface area contributed by atoms with Crippen LogP contribution in [0.15, 0.2) is 17.5 Å². The summed E-state index contributed by atoms with van der Waals surface area (Å²) in [6.07, 6.45) is 0.129. The highest BCUT2D eigenvalue weighted by Crippen LogP contribution is 2.12. The molecule has 0 unspecified atom stereocenters. The normalized spacial score (nSPS) is 11.1. The SMILES string of the molecule is CC(C)(CC(N)=O)NC(=O)c1cccs1. The van der Waals surface area contributed by atoms with E-state index >= 15 is 0 Å². The lowest BCUT2D eigenvalue weighted by molar-refractivity contribution is -0.119. The monoisotopic (exact) mass is 226 g/mol. The third kappa shape index (κ3) is 3.71. The van der Waals surface area contributed by atoms with Gasteiger partial charge in [0.15, 0.2) is 0 Å². The zero-order chi connectivity index (χ0) is 11.5. The molecule has 15 heavy (non-hydrogen) atoms. The van der Waals surface area contributed by atoms with Gasteiger partial charge in [-0.15, -0.1) is 11.3 Å². The first-order valence-corrected chi connectivity index (χ1v) is 5.43. The summed E-state index contributed by atoms with van der Waals surface area (Å²) in [5, 5.41) is 4.59. The summed E-state index contributed by atoms with van der Waals surface area (Å²) in [5.74, 6) is -0.595. The van der Waals surface area contributed by atoms with E-state index in [4.69, 9.17) is 5.73 Å². The molecule has 0 atom stereocenters. The Morgan fingerprint density at radius 3 is 2.67 bits per heavy atom. The first-order chi connectivity index (χ1) is 6.91. The van der Waals surface area contributed by atoms with E-state index in [-0.39, 0.29) is 12.3 Å². The Kier molecular flexibility index (Phi) is 3.47. The van der Waals surface area contributed by atoms with Crippen LogP contribution in [0.3, 0.4) is 0 Å². The van der Waals surface area contributed by atoms with E-state index in [0.717, 1.165) is 0 Å². The largest absolute Gasteiger partial charge is 0.370 e. The number of amides is 2. The van der Waals surface area contributed by atoms with Gasteiger partial charge in [0.2, 0.25) is 5.91 Å². The third-order valence-corrected chi connectivity index (χ3v) is 2.68. The second-order valence-electron chi connectivity index (χ2n) is 3.96. The standard InChI is InChI=1S/C10H14N2O2S/c1-10(2,6-8(11)13)12-9(14)7-4-3-5-15-7/h3-5H,6H2,1-2H3,(H2,11,13)(H,12,14). The molecule has 3 N–H and O–H groups in total. The van der Waals surface area contributed by atoms with Crippen LogP contribution in [-0.2, 0) is 4.79 Å². The maximum atomic E-state index is 11.7. The fourth-order valence-electron chi connectivity index (χ4n) is 1.26. The average Bonchev–Trinajstić information content (AvgIpc) is 2.50. The number of nitrogens with one attached hydrogen (secondary N) is 1. The molecule has 0 saturated carbocycles. The van der Waals surface area contributed by atoms with Crippen molar-refractivity contribution in [3.63, 3.8) is 0 Å². The molecule has 0 radical (unpaired) electrons. The molecule has 0 saturated heterocycles. The van der Waals surface area contributed by atoms with Gasteiger partial charge >= 0.3 is 0 Å². The topological polar surface area (TPSA) is 72.2 Å². The van der Waals surface area contributed by atoms with Gasteiger partial charge in [0.1, 0.15) is 0 Å². The second kappa shape index (κ2) is 4.44. The molecule has 0 spiro atoms. The highest BCUT2D eigenvalue weighted by atomic mass is 32.1. The highest BCUT2D eigenvalue weighted by Gasteiger charge is 2.23. The molecule has 5 heteroatoms. The number of hydrogen-bond donors (Lipinski definition) is 2. The Morgan fingerprint density at radius 1 is 1.53 bits per heavy atom. The van der Waals surface area contributed by atoms with Crippen LogP contribution in [-0.4, -0.2) is 17.4 Å². The van der Waals surface area contributed by atoms with Gasteiger partial charge in [-0.2, -0.15) is 0 Å². The minimum atomic E-state index is -0.604. The Bertz CT molecular complexity index is 358. The molecule has 1 aromatic heterocycles. The zero-order valence-corrected chi connectivity index (χ0v) is 9.56. The van der Waals surface area contributed by atoms with Crippen LogP contribution in [0.1, 0.15) is 29.9 Å². The van der Waals surface area contributed by atoms with Gasteiger partial charge in [-0.1, -0.05) is 6.07 Å². The van der Waals surface area contributed by atoms with Crippen LogP contribution >= 0.6 is 11.3 Å². The average molecular weight is 226 g/mol. The quantitative estimate of drug-likeness (QED) is 0.807. The lowest BCUT2D eigenvalue weighted by atomic mass is 10.0. The van der Waals surface area contributed by atoms with Crippen molar-refractivity contribution in [2.75, 3.05) is 0 Å². The minimum Gasteiger partial charge on any atom is -0.370 e. The first-order valence-electron chi connectivity index (χ1n) is 4.55. The highest BCUT2D eigenvalue weighted by molar-refractivity contribution is 7.12. The van der Waals surface area contributed by atoms with Crippen LogP contribution in [0.2, 0.25) is 0 Å². The van der Waals surface area contributed by atoms with Gasteiger partial charge in [-0.05, 0) is 25.3 Å². The van der Waals surface area contributed by atoms with Crippen molar-refractivity contribution in [3.05, 3.63) is 22.4 Å². The predicted octanol–water partition coefficient (Wildman–Crippen LogP) is 1.13. The Hall–Kier alpha value is -1.36. The third-order valence-electron chi connectivity index (χ3n) is 1.81. The molecule has 0 aliphatic carbocycles. The molecule has 1 rings (SSSR count). The summed E-state index contributed by atoms with van der Waals surface area (Å²) in [7, 11) is 0. The predicted molar refractivity (Wildman–Crippen MR) is 59.7 cm³/mol. The van der Waals surface area contributed by atoms with Crippen molar-refractivity contribution in [1.29, 1.82) is 0 Å². The molecule has 82 valence electrons. The molecule has 0 aliphatic heterocycles. The minimum absolute atomic E-state index is 0.129. The summed E-state index contributed by atoms with van der Waals surface area (Å²) >= 11 is 1.36. The number of carbonyl (C=O) groups excluding carboxylic acids is 2. The molecule has 4 nitrogen and oxygen atoms in total. The fraction of sp³-hybridized carbons (Fsp3) is 0.400. The zero-order valence-electron chi connectivity index (χ0n) is 8.74. The lowest BCUT2D eigenvalue weighted by Gasteiger charge is -2.24. The number of thiophene rings is 1. The molecular weight excluding hydrogens is 212 g/mol. The number of rotatable bonds is 4. The molecular formula is C10H14N2O2S. The van der Waals surface area contributed by atoms with E-state index in [9.17, 15) is 9.59 Å². The van der Waals surface area contributed by atoms with Gasteiger partial charge < -0.3 is 11.1 Å². The number of nitrogens with two attached hydrogens (primary N) is 1. The first kappa shape index (κ1) is 11.7. The summed E-state index contributed by atoms with van der Waals surface area (Å²) < 4.78 is 0. The molecule has 0 aliphatic rings. The van der Waals surface area contributed by atoms with Crippen molar-refractivity contribution < 1.29 is 9.59 Å². The van der Waals surface area contributed by atoms with E-state index in [1.165, 1.54) is 11.3 Å². The number of primary amides is 1. The van der Waals surface area contributed by atoms with E-state index in [1.54, 1.807) is 26.0 Å². The van der Waals surface area contributed by atoms with Crippen LogP contribution in [0.4, 0.5) is 0 Å². The molecule has 0 aromatic carbocycles. The van der Waals surface area contributed by atoms with Gasteiger partial charge in [-0.25, -0.2) is 0 Å². The number of carbonyl (C=O) groups is 2. The van der Waals surface area contributed by atoms with Crippen LogP contribution in [0, 0.1) is 0 Å². The van der Waals surface area contributed by atoms with Crippen molar-refractivity contribution in [2.24, 2.45) is 5.73 Å². The Morgan fingerprint density at radius 2 is 2.20 bits per heavy atom. The van der Waals surface area contributed by atoms with Crippen LogP contribution in [0.5, 0.6) is 0 Å². The summed E-state index contributed by atoms with van der Waals surface area (Å²) in [4.78, 5) is 23.0. The summed E-state index contributed by atoms with van der Waals surface area (Å²) in [6.45, 7) is 3.53. The smallest absolute Gasteiger partial charge is 0.261 e. The van der Waals surface area contributed by atoms with E-state index in [2.05, 4.69) is 5.32 Å². The van der Waals surface area contributed by atoms with Crippen LogP contribution in [0.25, 0.3) is 0 Å². The number of hydrogen-bond acceptors (Lipinski definition) is 3. The van der Waals surface area contributed by atoms with Gasteiger partial charge in [0.25, 0.3) is 5.91 Å². The maximum absolute atomic E-state index is 11.7. The van der Waals surface area contributed by atoms with Crippen molar-refractivity contribution in [2.45, 2.75) is 25.8 Å². The van der Waals surface area contributed by atoms with Gasteiger partial charge in [0, 0.05) is 12.0 Å². The van der Waals surface area contributed by atoms with E-state index in [1.807, 2.05) is 5.38 Å². The van der Waals surface area contributed by atoms with Gasteiger partial charge in [-0.3, -0.25) is 9.59 Å². The maximum Gasteiger partial charge on any atom is 0.261 e. The van der Waals surface area contributed by atoms with Crippen LogP contribution < -0.4 is 11.1 Å². The summed E-state index contributed by atoms with van der Waals surface area (Å²) in [6, 6.07) is 3.54. The summed E-state index contributed by atoms with van der Waals surface area (Å²) in [5.41, 5.74) is 4.48. The van der Waals surface area contributed by atoms with Gasteiger partial charge in [0.05, 0.1) is 4.88 Å². The second-order valence-corrected chi connectivity index (χ2v) is 4.91. The van der Waals surface area contributed by atoms with E-state index in [0.29, 0.717) is 4.88 Å². The molecule has 1 aromatic rings. The Balaban J connectivity index is 2.61. The van der Waals surface area contributed by atoms with E-state index < -0.39 is 11.4 Å². The lowest BCUT2D eigenvalue weighted by Crippen LogP contribution is -2.45. The molecule has 2 amide bonds. The van der Waals surface area contributed by atoms with Crippen molar-refractivity contribution in [1.82, 2.24) is 5.32 Å². The molecule has 1 heterocycles. The Labute approximate surface area is 92.5 Å². The molecule has 0 bridgehead atoms. The molecule has 0 fully saturated rings.